The molecule has 0 bridgehead atoms. The molecule has 0 radical (unpaired) electrons. The van der Waals surface area contributed by atoms with Crippen LogP contribution in [0.4, 0.5) is 0 Å². The highest BCUT2D eigenvalue weighted by molar-refractivity contribution is 5.78. The summed E-state index contributed by atoms with van der Waals surface area (Å²) in [6.07, 6.45) is 6.50. The van der Waals surface area contributed by atoms with Crippen molar-refractivity contribution in [3.8, 4) is 0 Å². The third kappa shape index (κ3) is 2.88. The van der Waals surface area contributed by atoms with Crippen LogP contribution in [-0.2, 0) is 11.8 Å². The fourth-order valence-corrected chi connectivity index (χ4v) is 3.07. The first-order valence-corrected chi connectivity index (χ1v) is 8.46. The quantitative estimate of drug-likeness (QED) is 0.564. The zero-order valence-electron chi connectivity index (χ0n) is 14.9. The molecule has 0 aliphatic carbocycles. The lowest BCUT2D eigenvalue weighted by atomic mass is 9.91. The van der Waals surface area contributed by atoms with E-state index in [-0.39, 0.29) is 11.5 Å². The van der Waals surface area contributed by atoms with Gasteiger partial charge in [0, 0.05) is 29.4 Å². The van der Waals surface area contributed by atoms with Crippen molar-refractivity contribution < 1.29 is 4.52 Å². The summed E-state index contributed by atoms with van der Waals surface area (Å²) in [6, 6.07) is 6.29. The van der Waals surface area contributed by atoms with E-state index in [1.165, 1.54) is 0 Å². The third-order valence-corrected chi connectivity index (χ3v) is 4.35. The smallest absolute Gasteiger partial charge is 0.202 e. The summed E-state index contributed by atoms with van der Waals surface area (Å²) in [6.45, 7) is 8.49. The van der Waals surface area contributed by atoms with Crippen LogP contribution in [-0.4, -0.2) is 24.9 Å². The first-order chi connectivity index (χ1) is 11.9. The molecule has 128 valence electrons. The van der Waals surface area contributed by atoms with Gasteiger partial charge in [-0.2, -0.15) is 5.10 Å². The molecule has 4 heterocycles. The number of fused-ring (bicyclic) bond motifs is 2. The number of nitrogens with zero attached hydrogens (tertiary/aromatic N) is 5. The van der Waals surface area contributed by atoms with E-state index >= 15 is 0 Å². The Morgan fingerprint density at radius 1 is 1.20 bits per heavy atom. The van der Waals surface area contributed by atoms with Crippen molar-refractivity contribution in [2.45, 2.75) is 45.6 Å². The molecule has 4 aromatic heterocycles. The molecule has 6 heteroatoms. The van der Waals surface area contributed by atoms with Gasteiger partial charge in [0.2, 0.25) is 5.65 Å². The molecule has 0 N–H and O–H groups in total. The molecule has 0 saturated heterocycles. The minimum Gasteiger partial charge on any atom is -0.358 e. The largest absolute Gasteiger partial charge is 0.358 e. The SMILES string of the molecule is CC(Cc1cnc2noc(C(C)(C)C)c2c1)n1cc2cccnc2n1. The molecule has 1 unspecified atom stereocenters. The molecule has 25 heavy (non-hydrogen) atoms. The minimum absolute atomic E-state index is 0.105. The average molecular weight is 335 g/mol. The monoisotopic (exact) mass is 335 g/mol. The fourth-order valence-electron chi connectivity index (χ4n) is 3.07. The number of hydrogen-bond donors (Lipinski definition) is 0. The Bertz CT molecular complexity index is 1010. The molecule has 0 fully saturated rings. The molecule has 0 aliphatic rings. The van der Waals surface area contributed by atoms with E-state index in [4.69, 9.17) is 4.52 Å². The second-order valence-electron chi connectivity index (χ2n) is 7.55. The highest BCUT2D eigenvalue weighted by atomic mass is 16.5. The molecule has 0 amide bonds. The van der Waals surface area contributed by atoms with Gasteiger partial charge in [-0.25, -0.2) is 9.97 Å². The van der Waals surface area contributed by atoms with E-state index in [1.54, 1.807) is 6.20 Å². The molecule has 0 aromatic carbocycles. The average Bonchev–Trinajstić information content (AvgIpc) is 3.17. The Morgan fingerprint density at radius 3 is 2.80 bits per heavy atom. The zero-order chi connectivity index (χ0) is 17.6. The normalized spacial score (nSPS) is 13.6. The maximum absolute atomic E-state index is 5.53. The molecule has 1 atom stereocenters. The van der Waals surface area contributed by atoms with Crippen LogP contribution in [0.5, 0.6) is 0 Å². The molecule has 0 saturated carbocycles. The topological polar surface area (TPSA) is 69.6 Å². The van der Waals surface area contributed by atoms with Gasteiger partial charge in [0.1, 0.15) is 0 Å². The van der Waals surface area contributed by atoms with Crippen LogP contribution >= 0.6 is 0 Å². The highest BCUT2D eigenvalue weighted by Gasteiger charge is 2.23. The molecule has 4 aromatic rings. The van der Waals surface area contributed by atoms with Gasteiger partial charge in [-0.05, 0) is 37.1 Å². The van der Waals surface area contributed by atoms with Gasteiger partial charge in [0.25, 0.3) is 0 Å². The van der Waals surface area contributed by atoms with Gasteiger partial charge < -0.3 is 4.52 Å². The number of aromatic nitrogens is 5. The summed E-state index contributed by atoms with van der Waals surface area (Å²) < 4.78 is 7.50. The number of hydrogen-bond acceptors (Lipinski definition) is 5. The second kappa shape index (κ2) is 5.65. The van der Waals surface area contributed by atoms with Crippen LogP contribution in [0.1, 0.15) is 45.1 Å². The van der Waals surface area contributed by atoms with Gasteiger partial charge in [0.05, 0.1) is 11.4 Å². The maximum Gasteiger partial charge on any atom is 0.202 e. The van der Waals surface area contributed by atoms with Gasteiger partial charge in [0.15, 0.2) is 11.4 Å². The van der Waals surface area contributed by atoms with Crippen LogP contribution < -0.4 is 0 Å². The molecule has 0 spiro atoms. The standard InChI is InChI=1S/C19H21N5O/c1-12(24-11-14-6-5-7-20-17(14)22-24)8-13-9-15-16(19(2,3)4)25-23-18(15)21-10-13/h5-7,9-12H,8H2,1-4H3. The van der Waals surface area contributed by atoms with Gasteiger partial charge in [-0.3, -0.25) is 4.68 Å². The van der Waals surface area contributed by atoms with Crippen molar-refractivity contribution in [2.75, 3.05) is 0 Å². The van der Waals surface area contributed by atoms with Crippen LogP contribution in [0.25, 0.3) is 22.1 Å². The Kier molecular flexibility index (Phi) is 3.56. The highest BCUT2D eigenvalue weighted by Crippen LogP contribution is 2.30. The lowest BCUT2D eigenvalue weighted by molar-refractivity contribution is 0.335. The summed E-state index contributed by atoms with van der Waals surface area (Å²) in [5, 5.41) is 10.7. The van der Waals surface area contributed by atoms with Crippen LogP contribution in [0.2, 0.25) is 0 Å². The van der Waals surface area contributed by atoms with E-state index in [9.17, 15) is 0 Å². The van der Waals surface area contributed by atoms with Crippen LogP contribution in [0, 0.1) is 0 Å². The van der Waals surface area contributed by atoms with E-state index in [0.717, 1.165) is 34.2 Å². The first kappa shape index (κ1) is 15.7. The maximum atomic E-state index is 5.53. The van der Waals surface area contributed by atoms with Gasteiger partial charge >= 0.3 is 0 Å². The van der Waals surface area contributed by atoms with Gasteiger partial charge in [-0.1, -0.05) is 25.9 Å². The summed E-state index contributed by atoms with van der Waals surface area (Å²) >= 11 is 0. The van der Waals surface area contributed by atoms with E-state index in [2.05, 4.69) is 54.0 Å². The van der Waals surface area contributed by atoms with E-state index in [0.29, 0.717) is 5.65 Å². The van der Waals surface area contributed by atoms with Crippen molar-refractivity contribution in [2.24, 2.45) is 0 Å². The Labute approximate surface area is 145 Å². The lowest BCUT2D eigenvalue weighted by Crippen LogP contribution is -2.11. The first-order valence-electron chi connectivity index (χ1n) is 8.46. The lowest BCUT2D eigenvalue weighted by Gasteiger charge is -2.15. The van der Waals surface area contributed by atoms with Crippen LogP contribution in [0.15, 0.2) is 41.3 Å². The predicted octanol–water partition coefficient (Wildman–Crippen LogP) is 4.07. The minimum atomic E-state index is -0.105. The van der Waals surface area contributed by atoms with Crippen molar-refractivity contribution in [1.29, 1.82) is 0 Å². The fraction of sp³-hybridized carbons (Fsp3) is 0.368. The Morgan fingerprint density at radius 2 is 2.04 bits per heavy atom. The van der Waals surface area contributed by atoms with E-state index in [1.807, 2.05) is 29.2 Å². The van der Waals surface area contributed by atoms with Crippen molar-refractivity contribution in [3.05, 3.63) is 48.1 Å². The second-order valence-corrected chi connectivity index (χ2v) is 7.55. The Hall–Kier alpha value is -2.76. The zero-order valence-corrected chi connectivity index (χ0v) is 14.9. The summed E-state index contributed by atoms with van der Waals surface area (Å²) in [5.41, 5.74) is 2.47. The van der Waals surface area contributed by atoms with Crippen molar-refractivity contribution >= 4 is 22.1 Å². The molecule has 4 rings (SSSR count). The molecular formula is C19H21N5O. The third-order valence-electron chi connectivity index (χ3n) is 4.35. The molecule has 0 aliphatic heterocycles. The summed E-state index contributed by atoms with van der Waals surface area (Å²) in [5.74, 6) is 0.874. The number of pyridine rings is 2. The van der Waals surface area contributed by atoms with E-state index < -0.39 is 0 Å². The van der Waals surface area contributed by atoms with Crippen LogP contribution in [0.3, 0.4) is 0 Å². The number of rotatable bonds is 3. The predicted molar refractivity (Wildman–Crippen MR) is 96.4 cm³/mol. The van der Waals surface area contributed by atoms with Gasteiger partial charge in [-0.15, -0.1) is 0 Å². The van der Waals surface area contributed by atoms with Crippen molar-refractivity contribution in [1.82, 2.24) is 24.9 Å². The molecule has 6 nitrogen and oxygen atoms in total. The Balaban J connectivity index is 1.65. The summed E-state index contributed by atoms with van der Waals surface area (Å²) in [4.78, 5) is 8.76. The van der Waals surface area contributed by atoms with Crippen molar-refractivity contribution in [3.63, 3.8) is 0 Å². The molecular weight excluding hydrogens is 314 g/mol. The summed E-state index contributed by atoms with van der Waals surface area (Å²) in [7, 11) is 0.